The van der Waals surface area contributed by atoms with Crippen molar-refractivity contribution in [3.8, 4) is 5.75 Å². The maximum absolute atomic E-state index is 12.0. The Labute approximate surface area is 166 Å². The first-order valence-electron chi connectivity index (χ1n) is 9.48. The number of rotatable bonds is 11. The van der Waals surface area contributed by atoms with Gasteiger partial charge in [0.2, 0.25) is 0 Å². The molecule has 148 valence electrons. The number of amides is 1. The Bertz CT molecular complexity index is 731. The number of aromatic nitrogens is 3. The quantitative estimate of drug-likeness (QED) is 0.471. The van der Waals surface area contributed by atoms with Gasteiger partial charge in [-0.3, -0.25) is 4.79 Å². The number of benzene rings is 1. The third-order valence-corrected chi connectivity index (χ3v) is 4.80. The van der Waals surface area contributed by atoms with E-state index in [0.717, 1.165) is 48.1 Å². The van der Waals surface area contributed by atoms with E-state index in [-0.39, 0.29) is 12.5 Å². The Morgan fingerprint density at radius 1 is 1.30 bits per heavy atom. The lowest BCUT2D eigenvalue weighted by molar-refractivity contribution is -0.123. The highest BCUT2D eigenvalue weighted by Crippen LogP contribution is 2.18. The lowest BCUT2D eigenvalue weighted by atomic mass is 10.1. The molecule has 0 unspecified atom stereocenters. The normalized spacial score (nSPS) is 11.0. The predicted octanol–water partition coefficient (Wildman–Crippen LogP) is 3.35. The molecule has 0 aliphatic carbocycles. The number of nitrogens with one attached hydrogen (secondary N) is 1. The molecule has 1 aromatic carbocycles. The van der Waals surface area contributed by atoms with Crippen LogP contribution in [-0.2, 0) is 24.2 Å². The summed E-state index contributed by atoms with van der Waals surface area (Å²) in [5, 5.41) is 12.4. The van der Waals surface area contributed by atoms with E-state index >= 15 is 0 Å². The minimum absolute atomic E-state index is 0.0389. The molecule has 0 saturated carbocycles. The molecule has 0 aliphatic rings. The molecule has 2 aromatic rings. The molecule has 0 radical (unpaired) electrons. The van der Waals surface area contributed by atoms with Crippen molar-refractivity contribution in [2.75, 3.05) is 19.4 Å². The molecule has 1 N–H and O–H groups in total. The van der Waals surface area contributed by atoms with Crippen LogP contribution in [-0.4, -0.2) is 40.1 Å². The van der Waals surface area contributed by atoms with Crippen molar-refractivity contribution in [3.05, 3.63) is 35.7 Å². The van der Waals surface area contributed by atoms with Gasteiger partial charge in [0.25, 0.3) is 5.91 Å². The first kappa shape index (κ1) is 21.3. The molecule has 0 fully saturated rings. The number of carbonyl (C=O) groups excluding carboxylic acids is 1. The molecule has 0 atom stereocenters. The molecule has 1 heterocycles. The lowest BCUT2D eigenvalue weighted by Crippen LogP contribution is -2.30. The van der Waals surface area contributed by atoms with Gasteiger partial charge < -0.3 is 14.6 Å². The van der Waals surface area contributed by atoms with Crippen LogP contribution < -0.4 is 10.1 Å². The van der Waals surface area contributed by atoms with Gasteiger partial charge in [0.1, 0.15) is 11.6 Å². The van der Waals surface area contributed by atoms with E-state index in [1.165, 1.54) is 0 Å². The van der Waals surface area contributed by atoms with Gasteiger partial charge in [-0.05, 0) is 36.6 Å². The monoisotopic (exact) mass is 390 g/mol. The second-order valence-electron chi connectivity index (χ2n) is 6.81. The van der Waals surface area contributed by atoms with E-state index < -0.39 is 0 Å². The number of aryl methyl sites for hydroxylation is 2. The highest BCUT2D eigenvalue weighted by atomic mass is 32.2. The van der Waals surface area contributed by atoms with Gasteiger partial charge in [0, 0.05) is 19.5 Å². The Morgan fingerprint density at radius 3 is 2.78 bits per heavy atom. The Hall–Kier alpha value is -2.02. The molecular formula is C20H30N4O2S. The highest BCUT2D eigenvalue weighted by molar-refractivity contribution is 7.98. The summed E-state index contributed by atoms with van der Waals surface area (Å²) in [6, 6.07) is 7.81. The van der Waals surface area contributed by atoms with E-state index in [4.69, 9.17) is 4.74 Å². The molecule has 7 heteroatoms. The van der Waals surface area contributed by atoms with Crippen LogP contribution >= 0.6 is 11.8 Å². The summed E-state index contributed by atoms with van der Waals surface area (Å²) in [5.41, 5.74) is 1.11. The van der Waals surface area contributed by atoms with Crippen LogP contribution in [0.4, 0.5) is 0 Å². The largest absolute Gasteiger partial charge is 0.483 e. The average Bonchev–Trinajstić information content (AvgIpc) is 3.04. The molecular weight excluding hydrogens is 360 g/mol. The van der Waals surface area contributed by atoms with Gasteiger partial charge in [0.15, 0.2) is 11.8 Å². The maximum atomic E-state index is 12.0. The number of nitrogens with zero attached hydrogens (tertiary/aromatic N) is 3. The van der Waals surface area contributed by atoms with Gasteiger partial charge in [0.05, 0.1) is 0 Å². The molecule has 0 aliphatic heterocycles. The predicted molar refractivity (Wildman–Crippen MR) is 109 cm³/mol. The van der Waals surface area contributed by atoms with Crippen LogP contribution in [0.3, 0.4) is 0 Å². The number of thioether (sulfide) groups is 1. The summed E-state index contributed by atoms with van der Waals surface area (Å²) < 4.78 is 7.83. The molecule has 1 aromatic heterocycles. The topological polar surface area (TPSA) is 69.0 Å². The smallest absolute Gasteiger partial charge is 0.257 e. The van der Waals surface area contributed by atoms with Crippen molar-refractivity contribution in [1.82, 2.24) is 20.1 Å². The Balaban J connectivity index is 1.75. The van der Waals surface area contributed by atoms with Crippen LogP contribution in [0.15, 0.2) is 29.4 Å². The fourth-order valence-electron chi connectivity index (χ4n) is 2.81. The number of carbonyl (C=O) groups is 1. The zero-order valence-electron chi connectivity index (χ0n) is 16.7. The van der Waals surface area contributed by atoms with Crippen LogP contribution in [0, 0.1) is 5.92 Å². The Kier molecular flexibility index (Phi) is 8.64. The van der Waals surface area contributed by atoms with Crippen LogP contribution in [0.25, 0.3) is 0 Å². The minimum atomic E-state index is -0.102. The fraction of sp³-hybridized carbons (Fsp3) is 0.550. The second kappa shape index (κ2) is 11.0. The van der Waals surface area contributed by atoms with Crippen molar-refractivity contribution in [1.29, 1.82) is 0 Å². The van der Waals surface area contributed by atoms with Crippen LogP contribution in [0.1, 0.15) is 38.6 Å². The molecule has 27 heavy (non-hydrogen) atoms. The Morgan fingerprint density at radius 2 is 2.07 bits per heavy atom. The van der Waals surface area contributed by atoms with Gasteiger partial charge in [-0.1, -0.05) is 50.7 Å². The summed E-state index contributed by atoms with van der Waals surface area (Å²) in [6.07, 6.45) is 4.51. The van der Waals surface area contributed by atoms with Crippen LogP contribution in [0.5, 0.6) is 5.75 Å². The SMILES string of the molecule is CCc1ccccc1OCC(=O)NCCCc1nnc(SC)n1CC(C)C. The lowest BCUT2D eigenvalue weighted by Gasteiger charge is -2.12. The van der Waals surface area contributed by atoms with Gasteiger partial charge >= 0.3 is 0 Å². The average molecular weight is 391 g/mol. The van der Waals surface area contributed by atoms with Gasteiger partial charge in [-0.25, -0.2) is 0 Å². The first-order chi connectivity index (χ1) is 13.0. The van der Waals surface area contributed by atoms with E-state index in [1.54, 1.807) is 11.8 Å². The maximum Gasteiger partial charge on any atom is 0.257 e. The van der Waals surface area contributed by atoms with Crippen LogP contribution in [0.2, 0.25) is 0 Å². The first-order valence-corrected chi connectivity index (χ1v) is 10.7. The van der Waals surface area contributed by atoms with E-state index in [0.29, 0.717) is 12.5 Å². The molecule has 6 nitrogen and oxygen atoms in total. The zero-order valence-corrected chi connectivity index (χ0v) is 17.5. The van der Waals surface area contributed by atoms with Gasteiger partial charge in [-0.2, -0.15) is 0 Å². The van der Waals surface area contributed by atoms with Crippen molar-refractivity contribution >= 4 is 17.7 Å². The summed E-state index contributed by atoms with van der Waals surface area (Å²) in [6.45, 7) is 7.99. The molecule has 2 rings (SSSR count). The molecule has 1 amide bonds. The van der Waals surface area contributed by atoms with Crippen molar-refractivity contribution < 1.29 is 9.53 Å². The number of para-hydroxylation sites is 1. The minimum Gasteiger partial charge on any atom is -0.483 e. The summed E-state index contributed by atoms with van der Waals surface area (Å²) >= 11 is 1.61. The van der Waals surface area contributed by atoms with E-state index in [9.17, 15) is 4.79 Å². The number of hydrogen-bond acceptors (Lipinski definition) is 5. The second-order valence-corrected chi connectivity index (χ2v) is 7.58. The third-order valence-electron chi connectivity index (χ3n) is 4.14. The number of ether oxygens (including phenoxy) is 1. The zero-order chi connectivity index (χ0) is 19.6. The third kappa shape index (κ3) is 6.57. The van der Waals surface area contributed by atoms with Crippen molar-refractivity contribution in [2.45, 2.75) is 51.7 Å². The van der Waals surface area contributed by atoms with Crippen molar-refractivity contribution in [3.63, 3.8) is 0 Å². The molecule has 0 bridgehead atoms. The van der Waals surface area contributed by atoms with Crippen molar-refractivity contribution in [2.24, 2.45) is 5.92 Å². The highest BCUT2D eigenvalue weighted by Gasteiger charge is 2.12. The molecule has 0 saturated heterocycles. The van der Waals surface area contributed by atoms with E-state index in [1.807, 2.05) is 30.5 Å². The number of hydrogen-bond donors (Lipinski definition) is 1. The fourth-order valence-corrected chi connectivity index (χ4v) is 3.33. The van der Waals surface area contributed by atoms with E-state index in [2.05, 4.69) is 40.9 Å². The summed E-state index contributed by atoms with van der Waals surface area (Å²) in [7, 11) is 0. The standard InChI is InChI=1S/C20H30N4O2S/c1-5-16-9-6-7-10-17(16)26-14-19(25)21-12-8-11-18-22-23-20(27-4)24(18)13-15(2)3/h6-7,9-10,15H,5,8,11-14H2,1-4H3,(H,21,25). The summed E-state index contributed by atoms with van der Waals surface area (Å²) in [5.74, 6) is 2.19. The van der Waals surface area contributed by atoms with Gasteiger partial charge in [-0.15, -0.1) is 10.2 Å². The molecule has 0 spiro atoms. The summed E-state index contributed by atoms with van der Waals surface area (Å²) in [4.78, 5) is 12.0.